The molecule has 2 aromatic rings. The molecule has 0 amide bonds. The lowest BCUT2D eigenvalue weighted by atomic mass is 10.1. The predicted molar refractivity (Wildman–Crippen MR) is 59.1 cm³/mol. The van der Waals surface area contributed by atoms with Crippen LogP contribution in [0.4, 0.5) is 0 Å². The molecule has 2 rings (SSSR count). The number of halogens is 1. The number of carbonyl (C=O) groups excluding carboxylic acids is 1. The number of hydrogen-bond donors (Lipinski definition) is 1. The molecule has 0 bridgehead atoms. The van der Waals surface area contributed by atoms with Gasteiger partial charge in [0.15, 0.2) is 11.4 Å². The molecule has 1 aromatic carbocycles. The highest BCUT2D eigenvalue weighted by Gasteiger charge is 2.08. The molecule has 0 aliphatic heterocycles. The van der Waals surface area contributed by atoms with E-state index >= 15 is 0 Å². The van der Waals surface area contributed by atoms with Crippen molar-refractivity contribution in [3.05, 3.63) is 27.0 Å². The number of fused-ring (bicyclic) bond motifs is 1. The molecule has 0 atom stereocenters. The normalized spacial score (nSPS) is 10.7. The minimum atomic E-state index is 0.00752. The lowest BCUT2D eigenvalue weighted by Crippen LogP contribution is -1.91. The fourth-order valence-corrected chi connectivity index (χ4v) is 1.96. The zero-order valence-electron chi connectivity index (χ0n) is 7.26. The van der Waals surface area contributed by atoms with Gasteiger partial charge in [-0.15, -0.1) is 0 Å². The monoisotopic (exact) mass is 271 g/mol. The van der Waals surface area contributed by atoms with Gasteiger partial charge in [0.2, 0.25) is 0 Å². The number of aromatic nitrogens is 1. The number of carbonyl (C=O) groups is 1. The maximum Gasteiger partial charge on any atom is 0.266 e. The van der Waals surface area contributed by atoms with Gasteiger partial charge in [0.05, 0.1) is 9.99 Å². The van der Waals surface area contributed by atoms with Gasteiger partial charge in [0.1, 0.15) is 0 Å². The van der Waals surface area contributed by atoms with E-state index in [0.29, 0.717) is 16.0 Å². The van der Waals surface area contributed by atoms with Crippen molar-refractivity contribution in [2.24, 2.45) is 0 Å². The van der Waals surface area contributed by atoms with E-state index in [2.05, 4.69) is 20.9 Å². The van der Waals surface area contributed by atoms with E-state index in [1.54, 1.807) is 12.1 Å². The van der Waals surface area contributed by atoms with Crippen LogP contribution in [0.15, 0.2) is 21.0 Å². The molecule has 0 radical (unpaired) electrons. The molecule has 0 spiro atoms. The first kappa shape index (κ1) is 9.61. The smallest absolute Gasteiger partial charge is 0.266 e. The van der Waals surface area contributed by atoms with E-state index in [-0.39, 0.29) is 5.78 Å². The summed E-state index contributed by atoms with van der Waals surface area (Å²) in [7, 11) is 0. The molecule has 1 heterocycles. The van der Waals surface area contributed by atoms with Gasteiger partial charge in [-0.25, -0.2) is 0 Å². The molecule has 14 heavy (non-hydrogen) atoms. The minimum Gasteiger partial charge on any atom is -0.428 e. The van der Waals surface area contributed by atoms with E-state index in [0.717, 1.165) is 9.99 Å². The third kappa shape index (κ3) is 1.53. The van der Waals surface area contributed by atoms with Crippen LogP contribution in [0, 0.1) is 4.84 Å². The molecule has 72 valence electrons. The largest absolute Gasteiger partial charge is 0.428 e. The van der Waals surface area contributed by atoms with Gasteiger partial charge in [-0.05, 0) is 47.2 Å². The van der Waals surface area contributed by atoms with E-state index < -0.39 is 0 Å². The fourth-order valence-electron chi connectivity index (χ4n) is 1.22. The van der Waals surface area contributed by atoms with Gasteiger partial charge < -0.3 is 9.40 Å². The second-order valence-corrected chi connectivity index (χ2v) is 4.13. The standard InChI is InChI=1S/C9H6BrNO2S/c1-4(12)5-2-6(10)8-7(3-5)11-9(14)13-8/h2-3H,1H3,(H,11,14). The fraction of sp³-hybridized carbons (Fsp3) is 0.111. The number of benzene rings is 1. The number of H-pyrrole nitrogens is 1. The quantitative estimate of drug-likeness (QED) is 0.638. The predicted octanol–water partition coefficient (Wildman–Crippen LogP) is 3.46. The minimum absolute atomic E-state index is 0.00752. The van der Waals surface area contributed by atoms with Crippen LogP contribution in [0.25, 0.3) is 11.1 Å². The number of aromatic amines is 1. The SMILES string of the molecule is CC(=O)c1cc(Br)c2oc(=S)[nH]c2c1. The summed E-state index contributed by atoms with van der Waals surface area (Å²) in [5, 5.41) is 0. The summed E-state index contributed by atoms with van der Waals surface area (Å²) in [5.41, 5.74) is 1.99. The number of ketones is 1. The molecule has 0 aliphatic rings. The molecule has 1 aromatic heterocycles. The second-order valence-electron chi connectivity index (χ2n) is 2.91. The Bertz CT molecular complexity index is 570. The maximum atomic E-state index is 11.2. The Balaban J connectivity index is 2.84. The summed E-state index contributed by atoms with van der Waals surface area (Å²) in [6, 6.07) is 3.44. The molecule has 1 N–H and O–H groups in total. The average molecular weight is 272 g/mol. The first-order valence-electron chi connectivity index (χ1n) is 3.91. The van der Waals surface area contributed by atoms with Crippen molar-refractivity contribution in [2.45, 2.75) is 6.92 Å². The third-order valence-electron chi connectivity index (χ3n) is 1.88. The molecular formula is C9H6BrNO2S. The van der Waals surface area contributed by atoms with Gasteiger partial charge in [-0.2, -0.15) is 0 Å². The second kappa shape index (κ2) is 3.33. The highest BCUT2D eigenvalue weighted by molar-refractivity contribution is 9.10. The number of hydrogen-bond acceptors (Lipinski definition) is 3. The molecule has 0 saturated carbocycles. The summed E-state index contributed by atoms with van der Waals surface area (Å²) >= 11 is 8.17. The van der Waals surface area contributed by atoms with Gasteiger partial charge >= 0.3 is 0 Å². The van der Waals surface area contributed by atoms with Crippen molar-refractivity contribution in [1.29, 1.82) is 0 Å². The molecule has 0 unspecified atom stereocenters. The molecule has 0 fully saturated rings. The Hall–Kier alpha value is -0.940. The zero-order chi connectivity index (χ0) is 10.3. The summed E-state index contributed by atoms with van der Waals surface area (Å²) in [6.45, 7) is 1.52. The summed E-state index contributed by atoms with van der Waals surface area (Å²) < 4.78 is 5.96. The molecule has 0 aliphatic carbocycles. The Morgan fingerprint density at radius 2 is 2.29 bits per heavy atom. The number of nitrogens with one attached hydrogen (secondary N) is 1. The first-order valence-corrected chi connectivity index (χ1v) is 5.11. The van der Waals surface area contributed by atoms with Crippen LogP contribution in [-0.2, 0) is 0 Å². The van der Waals surface area contributed by atoms with Crippen LogP contribution in [0.5, 0.6) is 0 Å². The summed E-state index contributed by atoms with van der Waals surface area (Å²) in [6.07, 6.45) is 0. The molecule has 5 heteroatoms. The average Bonchev–Trinajstić information content (AvgIpc) is 2.45. The van der Waals surface area contributed by atoms with E-state index in [9.17, 15) is 4.79 Å². The van der Waals surface area contributed by atoms with Crippen molar-refractivity contribution < 1.29 is 9.21 Å². The Morgan fingerprint density at radius 1 is 1.57 bits per heavy atom. The van der Waals surface area contributed by atoms with Gasteiger partial charge in [0, 0.05) is 5.56 Å². The maximum absolute atomic E-state index is 11.2. The molecule has 0 saturated heterocycles. The molecule has 3 nitrogen and oxygen atoms in total. The number of Topliss-reactive ketones (excluding diaryl/α,β-unsaturated/α-hetero) is 1. The highest BCUT2D eigenvalue weighted by Crippen LogP contribution is 2.25. The van der Waals surface area contributed by atoms with Gasteiger partial charge in [-0.1, -0.05) is 0 Å². The Labute approximate surface area is 93.2 Å². The van der Waals surface area contributed by atoms with Gasteiger partial charge in [0.25, 0.3) is 4.84 Å². The van der Waals surface area contributed by atoms with Crippen molar-refractivity contribution in [3.63, 3.8) is 0 Å². The van der Waals surface area contributed by atoms with Gasteiger partial charge in [-0.3, -0.25) is 4.79 Å². The number of oxazole rings is 1. The van der Waals surface area contributed by atoms with Crippen LogP contribution in [0.1, 0.15) is 17.3 Å². The lowest BCUT2D eigenvalue weighted by molar-refractivity contribution is 0.101. The van der Waals surface area contributed by atoms with Crippen molar-refractivity contribution in [3.8, 4) is 0 Å². The highest BCUT2D eigenvalue weighted by atomic mass is 79.9. The van der Waals surface area contributed by atoms with Crippen LogP contribution in [0.3, 0.4) is 0 Å². The summed E-state index contributed by atoms with van der Waals surface area (Å²) in [5.74, 6) is 0.00752. The van der Waals surface area contributed by atoms with E-state index in [4.69, 9.17) is 16.6 Å². The van der Waals surface area contributed by atoms with Crippen LogP contribution >= 0.6 is 28.1 Å². The Kier molecular flexibility index (Phi) is 2.28. The van der Waals surface area contributed by atoms with E-state index in [1.807, 2.05) is 0 Å². The van der Waals surface area contributed by atoms with Crippen molar-refractivity contribution in [2.75, 3.05) is 0 Å². The van der Waals surface area contributed by atoms with Crippen LogP contribution in [0.2, 0.25) is 0 Å². The Morgan fingerprint density at radius 3 is 2.93 bits per heavy atom. The lowest BCUT2D eigenvalue weighted by Gasteiger charge is -1.96. The van der Waals surface area contributed by atoms with E-state index in [1.165, 1.54) is 6.92 Å². The van der Waals surface area contributed by atoms with Crippen LogP contribution in [-0.4, -0.2) is 10.8 Å². The summed E-state index contributed by atoms with van der Waals surface area (Å²) in [4.78, 5) is 14.3. The first-order chi connectivity index (χ1) is 6.58. The van der Waals surface area contributed by atoms with Crippen LogP contribution < -0.4 is 0 Å². The third-order valence-corrected chi connectivity index (χ3v) is 2.66. The zero-order valence-corrected chi connectivity index (χ0v) is 9.66. The number of rotatable bonds is 1. The molecular weight excluding hydrogens is 266 g/mol. The van der Waals surface area contributed by atoms with Crippen molar-refractivity contribution >= 4 is 45.0 Å². The topological polar surface area (TPSA) is 46.0 Å². The van der Waals surface area contributed by atoms with Crippen molar-refractivity contribution in [1.82, 2.24) is 4.98 Å².